The van der Waals surface area contributed by atoms with Crippen molar-refractivity contribution in [1.82, 2.24) is 4.57 Å². The molecular formula is C18H17NO2. The quantitative estimate of drug-likeness (QED) is 0.711. The first-order valence-electron chi connectivity index (χ1n) is 7.35. The summed E-state index contributed by atoms with van der Waals surface area (Å²) in [4.78, 5) is 0. The zero-order chi connectivity index (χ0) is 14.6. The maximum Gasteiger partial charge on any atom is 0.117 e. The monoisotopic (exact) mass is 279 g/mol. The third-order valence-electron chi connectivity index (χ3n) is 4.46. The highest BCUT2D eigenvalue weighted by Crippen LogP contribution is 2.41. The molecule has 0 aliphatic heterocycles. The minimum absolute atomic E-state index is 0.304. The summed E-state index contributed by atoms with van der Waals surface area (Å²) >= 11 is 0. The molecular weight excluding hydrogens is 262 g/mol. The van der Waals surface area contributed by atoms with Crippen LogP contribution in [0.4, 0.5) is 0 Å². The predicted octanol–water partition coefficient (Wildman–Crippen LogP) is 3.84. The van der Waals surface area contributed by atoms with Crippen LogP contribution in [0.15, 0.2) is 36.4 Å². The lowest BCUT2D eigenvalue weighted by Crippen LogP contribution is -2.06. The fourth-order valence-corrected chi connectivity index (χ4v) is 3.58. The van der Waals surface area contributed by atoms with E-state index in [0.717, 1.165) is 24.9 Å². The number of phenols is 2. The molecule has 3 nitrogen and oxygen atoms in total. The van der Waals surface area contributed by atoms with E-state index in [0.29, 0.717) is 11.5 Å². The Bertz CT molecular complexity index is 861. The van der Waals surface area contributed by atoms with Crippen LogP contribution in [0.2, 0.25) is 0 Å². The van der Waals surface area contributed by atoms with Gasteiger partial charge in [-0.05, 0) is 61.2 Å². The number of phenolic OH excluding ortho intramolecular Hbond substituents is 2. The average Bonchev–Trinajstić information content (AvgIpc) is 2.79. The van der Waals surface area contributed by atoms with Gasteiger partial charge in [0.15, 0.2) is 0 Å². The van der Waals surface area contributed by atoms with Crippen molar-refractivity contribution in [2.45, 2.75) is 26.3 Å². The van der Waals surface area contributed by atoms with Gasteiger partial charge in [0.05, 0.1) is 11.2 Å². The molecule has 4 rings (SSSR count). The summed E-state index contributed by atoms with van der Waals surface area (Å²) in [5.41, 5.74) is 6.07. The van der Waals surface area contributed by atoms with E-state index in [9.17, 15) is 10.2 Å². The van der Waals surface area contributed by atoms with E-state index < -0.39 is 0 Å². The van der Waals surface area contributed by atoms with Crippen LogP contribution in [0, 0.1) is 0 Å². The second kappa shape index (κ2) is 4.29. The van der Waals surface area contributed by atoms with Crippen molar-refractivity contribution in [2.24, 2.45) is 0 Å². The van der Waals surface area contributed by atoms with Crippen LogP contribution < -0.4 is 0 Å². The first-order chi connectivity index (χ1) is 10.2. The second-order valence-electron chi connectivity index (χ2n) is 5.61. The number of nitrogens with zero attached hydrogens (tertiary/aromatic N) is 1. The molecule has 0 atom stereocenters. The number of aromatic hydroxyl groups is 2. The SMILES string of the molecule is CCn1c2c(c3ccc(O)cc31)CCc1cc(O)ccc1-2. The summed E-state index contributed by atoms with van der Waals surface area (Å²) in [6.45, 7) is 2.98. The van der Waals surface area contributed by atoms with E-state index >= 15 is 0 Å². The zero-order valence-corrected chi connectivity index (χ0v) is 11.9. The highest BCUT2D eigenvalue weighted by atomic mass is 16.3. The molecule has 1 aliphatic rings. The average molecular weight is 279 g/mol. The van der Waals surface area contributed by atoms with Crippen molar-refractivity contribution in [3.8, 4) is 22.8 Å². The highest BCUT2D eigenvalue weighted by molar-refractivity contribution is 5.94. The van der Waals surface area contributed by atoms with E-state index in [4.69, 9.17) is 0 Å². The van der Waals surface area contributed by atoms with Gasteiger partial charge in [0.1, 0.15) is 11.5 Å². The van der Waals surface area contributed by atoms with E-state index in [1.54, 1.807) is 12.1 Å². The molecule has 106 valence electrons. The molecule has 0 saturated heterocycles. The lowest BCUT2D eigenvalue weighted by molar-refractivity contribution is 0.474. The summed E-state index contributed by atoms with van der Waals surface area (Å²) in [5.74, 6) is 0.631. The van der Waals surface area contributed by atoms with Gasteiger partial charge in [-0.2, -0.15) is 0 Å². The van der Waals surface area contributed by atoms with Crippen LogP contribution in [-0.4, -0.2) is 14.8 Å². The second-order valence-corrected chi connectivity index (χ2v) is 5.61. The number of hydrogen-bond acceptors (Lipinski definition) is 2. The molecule has 0 saturated carbocycles. The summed E-state index contributed by atoms with van der Waals surface area (Å²) in [5, 5.41) is 20.7. The van der Waals surface area contributed by atoms with Crippen LogP contribution >= 0.6 is 0 Å². The fraction of sp³-hybridized carbons (Fsp3) is 0.222. The Morgan fingerprint density at radius 2 is 1.76 bits per heavy atom. The highest BCUT2D eigenvalue weighted by Gasteiger charge is 2.24. The predicted molar refractivity (Wildman–Crippen MR) is 83.8 cm³/mol. The molecule has 0 fully saturated rings. The van der Waals surface area contributed by atoms with Gasteiger partial charge in [-0.25, -0.2) is 0 Å². The molecule has 0 spiro atoms. The van der Waals surface area contributed by atoms with Crippen molar-refractivity contribution >= 4 is 10.9 Å². The lowest BCUT2D eigenvalue weighted by atomic mass is 9.89. The molecule has 2 aromatic carbocycles. The van der Waals surface area contributed by atoms with Crippen molar-refractivity contribution in [3.63, 3.8) is 0 Å². The summed E-state index contributed by atoms with van der Waals surface area (Å²) in [6, 6.07) is 11.2. The number of aryl methyl sites for hydroxylation is 3. The normalized spacial score (nSPS) is 13.2. The van der Waals surface area contributed by atoms with E-state index in [1.807, 2.05) is 24.3 Å². The van der Waals surface area contributed by atoms with Gasteiger partial charge in [-0.3, -0.25) is 0 Å². The molecule has 21 heavy (non-hydrogen) atoms. The minimum Gasteiger partial charge on any atom is -0.508 e. The molecule has 3 heteroatoms. The molecule has 1 heterocycles. The Balaban J connectivity index is 2.11. The fourth-order valence-electron chi connectivity index (χ4n) is 3.58. The molecule has 3 aromatic rings. The van der Waals surface area contributed by atoms with Crippen molar-refractivity contribution < 1.29 is 10.2 Å². The summed E-state index contributed by atoms with van der Waals surface area (Å²) < 4.78 is 2.26. The Morgan fingerprint density at radius 1 is 1.00 bits per heavy atom. The summed E-state index contributed by atoms with van der Waals surface area (Å²) in [7, 11) is 0. The molecule has 0 radical (unpaired) electrons. The van der Waals surface area contributed by atoms with Gasteiger partial charge in [-0.15, -0.1) is 0 Å². The van der Waals surface area contributed by atoms with E-state index in [2.05, 4.69) is 11.5 Å². The van der Waals surface area contributed by atoms with Gasteiger partial charge in [0.25, 0.3) is 0 Å². The van der Waals surface area contributed by atoms with Gasteiger partial charge in [-0.1, -0.05) is 0 Å². The molecule has 1 aliphatic carbocycles. The van der Waals surface area contributed by atoms with Crippen molar-refractivity contribution in [1.29, 1.82) is 0 Å². The standard InChI is InChI=1S/C18H17NO2/c1-2-19-17-10-13(21)5-8-15(17)16-6-3-11-9-12(20)4-7-14(11)18(16)19/h4-5,7-10,20-21H,2-3,6H2,1H3. The van der Waals surface area contributed by atoms with Crippen molar-refractivity contribution in [3.05, 3.63) is 47.5 Å². The number of hydrogen-bond donors (Lipinski definition) is 2. The number of rotatable bonds is 1. The topological polar surface area (TPSA) is 45.4 Å². The maximum atomic E-state index is 9.80. The summed E-state index contributed by atoms with van der Waals surface area (Å²) in [6.07, 6.45) is 1.92. The number of fused-ring (bicyclic) bond motifs is 5. The Kier molecular flexibility index (Phi) is 2.52. The Labute approximate surface area is 123 Å². The van der Waals surface area contributed by atoms with Gasteiger partial charge in [0.2, 0.25) is 0 Å². The molecule has 2 N–H and O–H groups in total. The Morgan fingerprint density at radius 3 is 2.57 bits per heavy atom. The first kappa shape index (κ1) is 12.3. The maximum absolute atomic E-state index is 9.80. The molecule has 1 aromatic heterocycles. The van der Waals surface area contributed by atoms with Gasteiger partial charge in [0, 0.05) is 23.6 Å². The number of benzene rings is 2. The largest absolute Gasteiger partial charge is 0.508 e. The lowest BCUT2D eigenvalue weighted by Gasteiger charge is -2.19. The van der Waals surface area contributed by atoms with E-state index in [-0.39, 0.29) is 0 Å². The molecule has 0 amide bonds. The Hall–Kier alpha value is -2.42. The molecule has 0 bridgehead atoms. The van der Waals surface area contributed by atoms with Crippen LogP contribution in [-0.2, 0) is 19.4 Å². The van der Waals surface area contributed by atoms with Crippen LogP contribution in [0.3, 0.4) is 0 Å². The number of aromatic nitrogens is 1. The van der Waals surface area contributed by atoms with Crippen LogP contribution in [0.25, 0.3) is 22.2 Å². The smallest absolute Gasteiger partial charge is 0.117 e. The zero-order valence-electron chi connectivity index (χ0n) is 11.9. The van der Waals surface area contributed by atoms with Crippen LogP contribution in [0.1, 0.15) is 18.1 Å². The third-order valence-corrected chi connectivity index (χ3v) is 4.46. The van der Waals surface area contributed by atoms with Gasteiger partial charge < -0.3 is 14.8 Å². The third kappa shape index (κ3) is 1.67. The molecule has 0 unspecified atom stereocenters. The van der Waals surface area contributed by atoms with Crippen LogP contribution in [0.5, 0.6) is 11.5 Å². The van der Waals surface area contributed by atoms with E-state index in [1.165, 1.54) is 27.8 Å². The van der Waals surface area contributed by atoms with Gasteiger partial charge >= 0.3 is 0 Å². The minimum atomic E-state index is 0.304. The van der Waals surface area contributed by atoms with Crippen molar-refractivity contribution in [2.75, 3.05) is 0 Å². The first-order valence-corrected chi connectivity index (χ1v) is 7.35.